The molecular formula is C14H24BeO4. The fraction of sp³-hybridized carbons (Fsp3) is 0.429. The van der Waals surface area contributed by atoms with Crippen LogP contribution in [0.1, 0.15) is 2.85 Å². The molecule has 0 aliphatic rings. The van der Waals surface area contributed by atoms with Crippen LogP contribution >= 0.6 is 0 Å². The molecule has 0 spiro atoms. The zero-order chi connectivity index (χ0) is 13.7. The monoisotopic (exact) mass is 265 g/mol. The summed E-state index contributed by atoms with van der Waals surface area (Å²) in [6, 6.07) is 0. The maximum Gasteiger partial charge on any atom is 2.00 e. The van der Waals surface area contributed by atoms with Crippen LogP contribution in [0.4, 0.5) is 0 Å². The van der Waals surface area contributed by atoms with E-state index in [1.165, 1.54) is 0 Å². The summed E-state index contributed by atoms with van der Waals surface area (Å²) in [5.74, 6) is -1.28. The normalized spacial score (nSPS) is 10.3. The van der Waals surface area contributed by atoms with Gasteiger partial charge in [-0.2, -0.15) is 0 Å². The van der Waals surface area contributed by atoms with Gasteiger partial charge in [0.05, 0.1) is 26.4 Å². The number of hydrogen-bond acceptors (Lipinski definition) is 4. The quantitative estimate of drug-likeness (QED) is 0.222. The Labute approximate surface area is 122 Å². The first-order valence-corrected chi connectivity index (χ1v) is 5.68. The van der Waals surface area contributed by atoms with E-state index < -0.39 is 5.97 Å². The van der Waals surface area contributed by atoms with Crippen LogP contribution < -0.4 is 0 Å². The zero-order valence-electron chi connectivity index (χ0n) is 13.5. The predicted molar refractivity (Wildman–Crippen MR) is 80.2 cm³/mol. The zero-order valence-corrected chi connectivity index (χ0v) is 11.5. The molecule has 0 bridgehead atoms. The molecule has 0 radical (unpaired) electrons. The fourth-order valence-electron chi connectivity index (χ4n) is 1.07. The molecule has 0 rings (SSSR count). The molecule has 19 heavy (non-hydrogen) atoms. The summed E-state index contributed by atoms with van der Waals surface area (Å²) in [4.78, 5) is 0. The first kappa shape index (κ1) is 20.3. The largest absolute Gasteiger partial charge is 2.00 e. The molecular weight excluding hydrogens is 241 g/mol. The molecule has 0 aliphatic carbocycles. The predicted octanol–water partition coefficient (Wildman–Crippen LogP) is 2.29. The third kappa shape index (κ3) is 9.54. The van der Waals surface area contributed by atoms with E-state index in [2.05, 4.69) is 26.3 Å². The van der Waals surface area contributed by atoms with E-state index in [4.69, 9.17) is 18.9 Å². The standard InChI is InChI=1S/C14H22O4.Be.2H/c1-5-9-15-13-14(16-10-6-2,17-11-7-3)18-12-8-4;;;/h5-8H,1-4,9-13H2;;;/q;+2;2*-1. The van der Waals surface area contributed by atoms with Gasteiger partial charge in [-0.3, -0.25) is 0 Å². The van der Waals surface area contributed by atoms with Crippen molar-refractivity contribution in [2.75, 3.05) is 33.0 Å². The minimum Gasteiger partial charge on any atom is -1.00 e. The Kier molecular flexibility index (Phi) is 14.3. The van der Waals surface area contributed by atoms with Gasteiger partial charge in [0.2, 0.25) is 0 Å². The molecule has 0 N–H and O–H groups in total. The Morgan fingerprint density at radius 2 is 1.11 bits per heavy atom. The van der Waals surface area contributed by atoms with Crippen molar-refractivity contribution in [1.82, 2.24) is 0 Å². The van der Waals surface area contributed by atoms with Gasteiger partial charge >= 0.3 is 16.1 Å². The second kappa shape index (κ2) is 13.4. The minimum atomic E-state index is -1.28. The number of hydrogen-bond donors (Lipinski definition) is 0. The van der Waals surface area contributed by atoms with Crippen molar-refractivity contribution in [3.05, 3.63) is 50.6 Å². The van der Waals surface area contributed by atoms with Crippen LogP contribution in [0.15, 0.2) is 50.6 Å². The molecule has 0 atom stereocenters. The maximum atomic E-state index is 5.51. The molecule has 0 saturated carbocycles. The van der Waals surface area contributed by atoms with Gasteiger partial charge in [-0.25, -0.2) is 0 Å². The third-order valence-electron chi connectivity index (χ3n) is 1.78. The van der Waals surface area contributed by atoms with Gasteiger partial charge in [-0.1, -0.05) is 24.3 Å². The second-order valence-corrected chi connectivity index (χ2v) is 3.29. The Morgan fingerprint density at radius 3 is 1.42 bits per heavy atom. The van der Waals surface area contributed by atoms with E-state index in [0.717, 1.165) is 0 Å². The Balaban J connectivity index is -0.000000482. The summed E-state index contributed by atoms with van der Waals surface area (Å²) in [7, 11) is 0. The maximum absolute atomic E-state index is 5.51. The molecule has 0 aromatic heterocycles. The van der Waals surface area contributed by atoms with Crippen molar-refractivity contribution in [3.8, 4) is 0 Å². The average molecular weight is 265 g/mol. The van der Waals surface area contributed by atoms with Crippen molar-refractivity contribution in [2.45, 2.75) is 5.97 Å². The minimum absolute atomic E-state index is 0. The summed E-state index contributed by atoms with van der Waals surface area (Å²) in [6.45, 7) is 15.7. The van der Waals surface area contributed by atoms with Gasteiger partial charge in [0.25, 0.3) is 0 Å². The summed E-state index contributed by atoms with van der Waals surface area (Å²) < 4.78 is 21.9. The molecule has 5 heteroatoms. The fourth-order valence-corrected chi connectivity index (χ4v) is 1.07. The van der Waals surface area contributed by atoms with Crippen LogP contribution in [-0.2, 0) is 18.9 Å². The van der Waals surface area contributed by atoms with Gasteiger partial charge in [-0.05, 0) is 0 Å². The van der Waals surface area contributed by atoms with Crippen LogP contribution in [0.2, 0.25) is 0 Å². The average Bonchev–Trinajstić information content (AvgIpc) is 2.40. The summed E-state index contributed by atoms with van der Waals surface area (Å²) in [5, 5.41) is 0. The van der Waals surface area contributed by atoms with Crippen molar-refractivity contribution in [3.63, 3.8) is 0 Å². The molecule has 0 fully saturated rings. The topological polar surface area (TPSA) is 36.9 Å². The van der Waals surface area contributed by atoms with Gasteiger partial charge in [0.15, 0.2) is 0 Å². The molecule has 0 aliphatic heterocycles. The van der Waals surface area contributed by atoms with Crippen LogP contribution in [0.25, 0.3) is 0 Å². The molecule has 0 saturated heterocycles. The van der Waals surface area contributed by atoms with E-state index in [1.807, 2.05) is 0 Å². The Morgan fingerprint density at radius 1 is 0.737 bits per heavy atom. The summed E-state index contributed by atoms with van der Waals surface area (Å²) >= 11 is 0. The van der Waals surface area contributed by atoms with Crippen LogP contribution in [0, 0.1) is 0 Å². The Bertz CT molecular complexity index is 244. The smallest absolute Gasteiger partial charge is 1.00 e. The van der Waals surface area contributed by atoms with Gasteiger partial charge in [0, 0.05) is 0 Å². The van der Waals surface area contributed by atoms with E-state index in [0.29, 0.717) is 6.61 Å². The molecule has 106 valence electrons. The Hall–Kier alpha value is -1.03. The van der Waals surface area contributed by atoms with Gasteiger partial charge in [0.1, 0.15) is 6.61 Å². The van der Waals surface area contributed by atoms with E-state index in [1.54, 1.807) is 24.3 Å². The van der Waals surface area contributed by atoms with Crippen molar-refractivity contribution in [2.24, 2.45) is 0 Å². The van der Waals surface area contributed by atoms with Crippen LogP contribution in [-0.4, -0.2) is 49.1 Å². The van der Waals surface area contributed by atoms with Crippen molar-refractivity contribution >= 4 is 10.1 Å². The van der Waals surface area contributed by atoms with E-state index in [-0.39, 0.29) is 39.4 Å². The molecule has 0 unspecified atom stereocenters. The van der Waals surface area contributed by atoms with Gasteiger partial charge in [-0.15, -0.1) is 26.3 Å². The third-order valence-corrected chi connectivity index (χ3v) is 1.78. The number of ether oxygens (including phenoxy) is 4. The molecule has 0 aromatic carbocycles. The van der Waals surface area contributed by atoms with Crippen molar-refractivity contribution < 1.29 is 21.8 Å². The molecule has 0 amide bonds. The van der Waals surface area contributed by atoms with Gasteiger partial charge < -0.3 is 21.8 Å². The SMILES string of the molecule is C=CCOCC(OCC=C)(OCC=C)OCC=C.[Be+2].[H-].[H-]. The number of rotatable bonds is 13. The van der Waals surface area contributed by atoms with E-state index in [9.17, 15) is 0 Å². The summed E-state index contributed by atoms with van der Waals surface area (Å²) in [5.41, 5.74) is 0. The van der Waals surface area contributed by atoms with Crippen LogP contribution in [0.3, 0.4) is 0 Å². The first-order chi connectivity index (χ1) is 8.74. The van der Waals surface area contributed by atoms with Crippen LogP contribution in [0.5, 0.6) is 0 Å². The second-order valence-electron chi connectivity index (χ2n) is 3.29. The molecule has 4 nitrogen and oxygen atoms in total. The first-order valence-electron chi connectivity index (χ1n) is 5.68. The van der Waals surface area contributed by atoms with E-state index >= 15 is 0 Å². The molecule has 0 aromatic rings. The summed E-state index contributed by atoms with van der Waals surface area (Å²) in [6.07, 6.45) is 6.46. The molecule has 0 heterocycles. The van der Waals surface area contributed by atoms with Crippen molar-refractivity contribution in [1.29, 1.82) is 0 Å².